The molecule has 0 aromatic rings. The van der Waals surface area contributed by atoms with Gasteiger partial charge in [-0.2, -0.15) is 23.5 Å². The van der Waals surface area contributed by atoms with Gasteiger partial charge in [-0.05, 0) is 0 Å². The predicted molar refractivity (Wildman–Crippen MR) is 40.1 cm³/mol. The molecule has 0 rings (SSSR count). The van der Waals surface area contributed by atoms with Crippen molar-refractivity contribution in [2.24, 2.45) is 0 Å². The zero-order chi connectivity index (χ0) is 13.5. The molecule has 0 aliphatic carbocycles. The average Bonchev–Trinajstić information content (AvgIpc) is 1.41. The molecule has 0 aliphatic heterocycles. The second-order valence-corrected chi connectivity index (χ2v) is 4.02. The Hall–Kier alpha value is 2.98. The van der Waals surface area contributed by atoms with Gasteiger partial charge in [0.25, 0.3) is 0 Å². The van der Waals surface area contributed by atoms with Gasteiger partial charge < -0.3 is 57.7 Å². The predicted octanol–water partition coefficient (Wildman–Crippen LogP) is -9.62. The summed E-state index contributed by atoms with van der Waals surface area (Å²) in [7, 11) is -16.2. The SMILES string of the molecule is O=P([O-])([O-])[O-].O=P([O-])([O-])[O-].O=P([O-])([O-])[O-].[Bi+3].[Bi+3].[Bi+3]. The zero-order valence-electron chi connectivity index (χ0n) is 7.58. The summed E-state index contributed by atoms with van der Waals surface area (Å²) in [6.45, 7) is 0. The molecule has 0 bridgehead atoms. The second-order valence-electron chi connectivity index (χ2n) is 1.34. The Kier molecular flexibility index (Phi) is 33.9. The molecule has 0 heterocycles. The van der Waals surface area contributed by atoms with E-state index in [0.29, 0.717) is 0 Å². The molecule has 0 atom stereocenters. The van der Waals surface area contributed by atoms with E-state index in [1.54, 1.807) is 0 Å². The van der Waals surface area contributed by atoms with Crippen LogP contribution in [0, 0.1) is 0 Å². The van der Waals surface area contributed by atoms with Gasteiger partial charge in [0.1, 0.15) is 0 Å². The summed E-state index contributed by atoms with van der Waals surface area (Å²) in [6, 6.07) is 0. The summed E-state index contributed by atoms with van der Waals surface area (Å²) in [6.07, 6.45) is 0. The van der Waals surface area contributed by atoms with Gasteiger partial charge in [0.2, 0.25) is 0 Å². The monoisotopic (exact) mass is 912 g/mol. The largest absolute Gasteiger partial charge is 3.00 e. The van der Waals surface area contributed by atoms with Gasteiger partial charge in [0.05, 0.1) is 0 Å². The molecule has 0 amide bonds. The molecule has 0 aromatic carbocycles. The molecule has 0 saturated carbocycles. The third kappa shape index (κ3) is 691. The third-order valence-electron chi connectivity index (χ3n) is 0. The van der Waals surface area contributed by atoms with Crippen molar-refractivity contribution < 1.29 is 57.7 Å². The quantitative estimate of drug-likeness (QED) is 0.162. The van der Waals surface area contributed by atoms with Gasteiger partial charge in [0, 0.05) is 0 Å². The van der Waals surface area contributed by atoms with Crippen molar-refractivity contribution in [1.82, 2.24) is 0 Å². The molecule has 6 radical (unpaired) electrons. The fraction of sp³-hybridized carbons (Fsp3) is 0. The van der Waals surface area contributed by atoms with Crippen LogP contribution in [0.4, 0.5) is 0 Å². The summed E-state index contributed by atoms with van der Waals surface area (Å²) in [5.74, 6) is 0. The number of rotatable bonds is 0. The first kappa shape index (κ1) is 37.3. The maximum Gasteiger partial charge on any atom is 3.00 e. The van der Waals surface area contributed by atoms with Crippen LogP contribution in [0.1, 0.15) is 0 Å². The molecule has 18 heteroatoms. The van der Waals surface area contributed by atoms with Crippen LogP contribution in [0.2, 0.25) is 0 Å². The zero-order valence-corrected chi connectivity index (χ0v) is 20.7. The van der Waals surface area contributed by atoms with E-state index in [4.69, 9.17) is 57.7 Å². The van der Waals surface area contributed by atoms with E-state index in [9.17, 15) is 0 Å². The molecule has 102 valence electrons. The van der Waals surface area contributed by atoms with Crippen molar-refractivity contribution in [3.8, 4) is 0 Å². The van der Waals surface area contributed by atoms with Crippen LogP contribution < -0.4 is 44.0 Å². The molecular formula is Bi3O12P3. The number of hydrogen-bond donors (Lipinski definition) is 0. The summed E-state index contributed by atoms with van der Waals surface area (Å²) in [5, 5.41) is 0. The van der Waals surface area contributed by atoms with Crippen LogP contribution in [0.3, 0.4) is 0 Å². The average molecular weight is 912 g/mol. The Bertz CT molecular complexity index is 209. The standard InChI is InChI=1S/3Bi.3H3O4P/c;;;3*1-5(2,3)4/h;;;3*(H3,1,2,3,4)/q3*+3;;;/p-9. The third-order valence-corrected chi connectivity index (χ3v) is 0. The van der Waals surface area contributed by atoms with E-state index in [-0.39, 0.29) is 78.6 Å². The van der Waals surface area contributed by atoms with Crippen LogP contribution in [-0.4, -0.2) is 78.6 Å². The fourth-order valence-corrected chi connectivity index (χ4v) is 0. The Morgan fingerprint density at radius 3 is 0.389 bits per heavy atom. The topological polar surface area (TPSA) is 259 Å². The molecule has 0 spiro atoms. The molecule has 12 nitrogen and oxygen atoms in total. The molecule has 0 fully saturated rings. The first-order valence-electron chi connectivity index (χ1n) is 2.19. The van der Waals surface area contributed by atoms with Crippen molar-refractivity contribution in [1.29, 1.82) is 0 Å². The second kappa shape index (κ2) is 16.4. The smallest absolute Gasteiger partial charge is 0.822 e. The molecule has 0 unspecified atom stereocenters. The Morgan fingerprint density at radius 1 is 0.389 bits per heavy atom. The van der Waals surface area contributed by atoms with E-state index < -0.39 is 23.5 Å². The molecular weight excluding hydrogens is 912 g/mol. The summed E-state index contributed by atoms with van der Waals surface area (Å²) >= 11 is 0. The van der Waals surface area contributed by atoms with Gasteiger partial charge in [0.15, 0.2) is 0 Å². The number of phosphoric acid groups is 3. The van der Waals surface area contributed by atoms with E-state index in [0.717, 1.165) is 0 Å². The van der Waals surface area contributed by atoms with Crippen molar-refractivity contribution in [2.75, 3.05) is 0 Å². The van der Waals surface area contributed by atoms with Crippen molar-refractivity contribution >= 4 is 102 Å². The Labute approximate surface area is 158 Å². The van der Waals surface area contributed by atoms with Crippen LogP contribution in [-0.2, 0) is 13.7 Å². The minimum absolute atomic E-state index is 0. The van der Waals surface area contributed by atoms with E-state index in [1.165, 1.54) is 0 Å². The maximum absolute atomic E-state index is 8.55. The summed E-state index contributed by atoms with van der Waals surface area (Å²) in [4.78, 5) is 76.9. The van der Waals surface area contributed by atoms with Gasteiger partial charge >= 0.3 is 78.6 Å². The van der Waals surface area contributed by atoms with Crippen molar-refractivity contribution in [3.05, 3.63) is 0 Å². The minimum Gasteiger partial charge on any atom is -0.822 e. The first-order chi connectivity index (χ1) is 6.00. The summed E-state index contributed by atoms with van der Waals surface area (Å²) in [5.41, 5.74) is 0. The molecule has 0 aliphatic rings. The molecule has 0 N–H and O–H groups in total. The van der Waals surface area contributed by atoms with Crippen molar-refractivity contribution in [2.45, 2.75) is 0 Å². The van der Waals surface area contributed by atoms with Gasteiger partial charge in [-0.15, -0.1) is 0 Å². The maximum atomic E-state index is 8.55. The van der Waals surface area contributed by atoms with E-state index in [1.807, 2.05) is 0 Å². The minimum atomic E-state index is -5.39. The van der Waals surface area contributed by atoms with Crippen LogP contribution >= 0.6 is 23.5 Å². The van der Waals surface area contributed by atoms with E-state index >= 15 is 0 Å². The Morgan fingerprint density at radius 2 is 0.389 bits per heavy atom. The normalized spacial score (nSPS) is 9.83. The molecule has 0 saturated heterocycles. The van der Waals surface area contributed by atoms with Gasteiger partial charge in [-0.1, -0.05) is 0 Å². The fourth-order valence-electron chi connectivity index (χ4n) is 0. The van der Waals surface area contributed by atoms with Crippen LogP contribution in [0.5, 0.6) is 0 Å². The molecule has 0 aromatic heterocycles. The number of hydrogen-bond acceptors (Lipinski definition) is 12. The summed E-state index contributed by atoms with van der Waals surface area (Å²) < 4.78 is 25.6. The Balaban J connectivity index is -0.0000000277. The molecule has 18 heavy (non-hydrogen) atoms. The van der Waals surface area contributed by atoms with Gasteiger partial charge in [-0.3, -0.25) is 0 Å². The van der Waals surface area contributed by atoms with Crippen LogP contribution in [0.25, 0.3) is 0 Å². The first-order valence-corrected chi connectivity index (χ1v) is 6.57. The van der Waals surface area contributed by atoms with Crippen molar-refractivity contribution in [3.63, 3.8) is 0 Å². The van der Waals surface area contributed by atoms with Gasteiger partial charge in [-0.25, -0.2) is 0 Å². The van der Waals surface area contributed by atoms with E-state index in [2.05, 4.69) is 0 Å². The van der Waals surface area contributed by atoms with Crippen LogP contribution in [0.15, 0.2) is 0 Å².